The first-order valence-corrected chi connectivity index (χ1v) is 8.35. The molecule has 2 heterocycles. The van der Waals surface area contributed by atoms with Gasteiger partial charge in [0.2, 0.25) is 5.82 Å². The maximum absolute atomic E-state index is 13.0. The molecule has 0 aliphatic carbocycles. The molecule has 124 valence electrons. The number of aromatic nitrogens is 4. The van der Waals surface area contributed by atoms with Crippen LogP contribution in [-0.2, 0) is 6.54 Å². The standard InChI is InChI=1S/C18H19ClN4O/c1-3-13(2)12-22-15(14-8-5-4-6-9-14)16(19)21-17(18(22)24)23-11-7-10-20-23/h4-11,13H,3,12H2,1-2H3. The fourth-order valence-corrected chi connectivity index (χ4v) is 2.85. The smallest absolute Gasteiger partial charge is 0.296 e. The van der Waals surface area contributed by atoms with Crippen LogP contribution >= 0.6 is 11.6 Å². The highest BCUT2D eigenvalue weighted by Gasteiger charge is 2.19. The van der Waals surface area contributed by atoms with Gasteiger partial charge in [-0.3, -0.25) is 4.79 Å². The number of benzene rings is 1. The largest absolute Gasteiger partial charge is 0.302 e. The van der Waals surface area contributed by atoms with Gasteiger partial charge in [0, 0.05) is 24.5 Å². The summed E-state index contributed by atoms with van der Waals surface area (Å²) < 4.78 is 3.17. The molecular weight excluding hydrogens is 324 g/mol. The molecule has 0 fully saturated rings. The molecule has 0 amide bonds. The maximum atomic E-state index is 13.0. The summed E-state index contributed by atoms with van der Waals surface area (Å²) in [6, 6.07) is 11.4. The first-order chi connectivity index (χ1) is 11.6. The van der Waals surface area contributed by atoms with Crippen LogP contribution < -0.4 is 5.56 Å². The van der Waals surface area contributed by atoms with Gasteiger partial charge < -0.3 is 4.57 Å². The van der Waals surface area contributed by atoms with Gasteiger partial charge in [0.05, 0.1) is 5.69 Å². The third-order valence-electron chi connectivity index (χ3n) is 4.07. The zero-order valence-corrected chi connectivity index (χ0v) is 14.4. The predicted molar refractivity (Wildman–Crippen MR) is 95.5 cm³/mol. The average molecular weight is 343 g/mol. The van der Waals surface area contributed by atoms with E-state index in [9.17, 15) is 4.79 Å². The Bertz CT molecular complexity index is 872. The highest BCUT2D eigenvalue weighted by atomic mass is 35.5. The summed E-state index contributed by atoms with van der Waals surface area (Å²) in [5.41, 5.74) is 1.34. The monoisotopic (exact) mass is 342 g/mol. The van der Waals surface area contributed by atoms with Crippen molar-refractivity contribution in [3.63, 3.8) is 0 Å². The minimum Gasteiger partial charge on any atom is -0.302 e. The van der Waals surface area contributed by atoms with Gasteiger partial charge in [0.25, 0.3) is 5.56 Å². The van der Waals surface area contributed by atoms with Crippen molar-refractivity contribution in [2.45, 2.75) is 26.8 Å². The van der Waals surface area contributed by atoms with E-state index < -0.39 is 0 Å². The second kappa shape index (κ2) is 7.01. The van der Waals surface area contributed by atoms with E-state index in [1.807, 2.05) is 30.3 Å². The van der Waals surface area contributed by atoms with Gasteiger partial charge in [0.15, 0.2) is 5.15 Å². The normalized spacial score (nSPS) is 12.3. The van der Waals surface area contributed by atoms with E-state index in [2.05, 4.69) is 23.9 Å². The molecular formula is C18H19ClN4O. The number of hydrogen-bond donors (Lipinski definition) is 0. The first-order valence-electron chi connectivity index (χ1n) is 7.97. The Morgan fingerprint density at radius 1 is 1.21 bits per heavy atom. The Labute approximate surface area is 145 Å². The van der Waals surface area contributed by atoms with E-state index in [1.54, 1.807) is 23.0 Å². The molecule has 0 N–H and O–H groups in total. The van der Waals surface area contributed by atoms with Crippen LogP contribution in [0.1, 0.15) is 20.3 Å². The number of halogens is 1. The molecule has 0 bridgehead atoms. The van der Waals surface area contributed by atoms with Crippen LogP contribution in [0, 0.1) is 5.92 Å². The van der Waals surface area contributed by atoms with Crippen molar-refractivity contribution in [3.8, 4) is 17.1 Å². The molecule has 24 heavy (non-hydrogen) atoms. The molecule has 6 heteroatoms. The fraction of sp³-hybridized carbons (Fsp3) is 0.278. The zero-order chi connectivity index (χ0) is 17.1. The lowest BCUT2D eigenvalue weighted by molar-refractivity contribution is 0.460. The Hall–Kier alpha value is -2.40. The van der Waals surface area contributed by atoms with Crippen molar-refractivity contribution in [1.29, 1.82) is 0 Å². The van der Waals surface area contributed by atoms with E-state index in [4.69, 9.17) is 11.6 Å². The van der Waals surface area contributed by atoms with Crippen LogP contribution in [-0.4, -0.2) is 19.3 Å². The Morgan fingerprint density at radius 3 is 2.58 bits per heavy atom. The number of nitrogens with zero attached hydrogens (tertiary/aromatic N) is 4. The van der Waals surface area contributed by atoms with Crippen molar-refractivity contribution in [2.75, 3.05) is 0 Å². The molecule has 0 saturated heterocycles. The second-order valence-electron chi connectivity index (χ2n) is 5.82. The third-order valence-corrected chi connectivity index (χ3v) is 4.33. The SMILES string of the molecule is CCC(C)Cn1c(-c2ccccc2)c(Cl)nc(-n2cccn2)c1=O. The molecule has 3 rings (SSSR count). The summed E-state index contributed by atoms with van der Waals surface area (Å²) in [5.74, 6) is 0.557. The van der Waals surface area contributed by atoms with Gasteiger partial charge in [-0.15, -0.1) is 0 Å². The Morgan fingerprint density at radius 2 is 1.96 bits per heavy atom. The fourth-order valence-electron chi connectivity index (χ4n) is 2.56. The molecule has 1 unspecified atom stereocenters. The van der Waals surface area contributed by atoms with Crippen molar-refractivity contribution >= 4 is 11.6 Å². The molecule has 5 nitrogen and oxygen atoms in total. The van der Waals surface area contributed by atoms with Gasteiger partial charge >= 0.3 is 0 Å². The summed E-state index contributed by atoms with van der Waals surface area (Å²) in [7, 11) is 0. The summed E-state index contributed by atoms with van der Waals surface area (Å²) >= 11 is 6.47. The zero-order valence-electron chi connectivity index (χ0n) is 13.7. The molecule has 0 saturated carbocycles. The second-order valence-corrected chi connectivity index (χ2v) is 6.18. The summed E-state index contributed by atoms with van der Waals surface area (Å²) in [6.07, 6.45) is 4.27. The minimum atomic E-state index is -0.192. The number of rotatable bonds is 5. The summed E-state index contributed by atoms with van der Waals surface area (Å²) in [4.78, 5) is 17.4. The van der Waals surface area contributed by atoms with Gasteiger partial charge in [-0.25, -0.2) is 9.67 Å². The summed E-state index contributed by atoms with van der Waals surface area (Å²) in [5, 5.41) is 4.41. The topological polar surface area (TPSA) is 52.7 Å². The molecule has 3 aromatic rings. The van der Waals surface area contributed by atoms with Crippen LogP contribution in [0.5, 0.6) is 0 Å². The highest BCUT2D eigenvalue weighted by molar-refractivity contribution is 6.31. The number of hydrogen-bond acceptors (Lipinski definition) is 3. The van der Waals surface area contributed by atoms with E-state index in [1.165, 1.54) is 4.68 Å². The summed E-state index contributed by atoms with van der Waals surface area (Å²) in [6.45, 7) is 4.80. The lowest BCUT2D eigenvalue weighted by Crippen LogP contribution is -2.30. The molecule has 0 spiro atoms. The van der Waals surface area contributed by atoms with Crippen molar-refractivity contribution in [3.05, 3.63) is 64.3 Å². The van der Waals surface area contributed by atoms with Crippen LogP contribution in [0.15, 0.2) is 53.6 Å². The molecule has 2 aromatic heterocycles. The highest BCUT2D eigenvalue weighted by Crippen LogP contribution is 2.26. The van der Waals surface area contributed by atoms with Crippen molar-refractivity contribution in [2.24, 2.45) is 5.92 Å². The minimum absolute atomic E-state index is 0.192. The molecule has 0 aliphatic rings. The van der Waals surface area contributed by atoms with E-state index >= 15 is 0 Å². The van der Waals surface area contributed by atoms with Gasteiger partial charge in [-0.05, 0) is 12.0 Å². The maximum Gasteiger partial charge on any atom is 0.296 e. The lowest BCUT2D eigenvalue weighted by Gasteiger charge is -2.18. The average Bonchev–Trinajstić information content (AvgIpc) is 3.13. The molecule has 1 aromatic carbocycles. The molecule has 1 atom stereocenters. The van der Waals surface area contributed by atoms with Gasteiger partial charge in [0.1, 0.15) is 0 Å². The van der Waals surface area contributed by atoms with Crippen molar-refractivity contribution in [1.82, 2.24) is 19.3 Å². The Balaban J connectivity index is 2.25. The van der Waals surface area contributed by atoms with E-state index in [0.717, 1.165) is 12.0 Å². The van der Waals surface area contributed by atoms with Crippen LogP contribution in [0.2, 0.25) is 5.15 Å². The van der Waals surface area contributed by atoms with Gasteiger partial charge in [-0.1, -0.05) is 62.2 Å². The van der Waals surface area contributed by atoms with Crippen LogP contribution in [0.3, 0.4) is 0 Å². The molecule has 0 radical (unpaired) electrons. The third kappa shape index (κ3) is 3.12. The van der Waals surface area contributed by atoms with Crippen molar-refractivity contribution < 1.29 is 0 Å². The van der Waals surface area contributed by atoms with E-state index in [0.29, 0.717) is 23.3 Å². The predicted octanol–water partition coefficient (Wildman–Crippen LogP) is 3.80. The molecule has 0 aliphatic heterocycles. The lowest BCUT2D eigenvalue weighted by atomic mass is 10.1. The van der Waals surface area contributed by atoms with Crippen LogP contribution in [0.25, 0.3) is 17.1 Å². The first kappa shape index (κ1) is 16.5. The Kier molecular flexibility index (Phi) is 4.81. The quantitative estimate of drug-likeness (QED) is 0.708. The van der Waals surface area contributed by atoms with E-state index in [-0.39, 0.29) is 11.4 Å². The van der Waals surface area contributed by atoms with Crippen LogP contribution in [0.4, 0.5) is 0 Å². The van der Waals surface area contributed by atoms with Gasteiger partial charge in [-0.2, -0.15) is 5.10 Å².